The smallest absolute Gasteiger partial charge is 0.229 e. The van der Waals surface area contributed by atoms with Crippen LogP contribution < -0.4 is 5.32 Å². The Balaban J connectivity index is 1.67. The van der Waals surface area contributed by atoms with Crippen LogP contribution in [-0.2, 0) is 4.79 Å². The summed E-state index contributed by atoms with van der Waals surface area (Å²) >= 11 is 1.15. The van der Waals surface area contributed by atoms with Crippen molar-refractivity contribution in [3.8, 4) is 11.4 Å². The van der Waals surface area contributed by atoms with Gasteiger partial charge in [-0.05, 0) is 37.1 Å². The number of hydrogen-bond donors (Lipinski definition) is 1. The summed E-state index contributed by atoms with van der Waals surface area (Å²) in [5.41, 5.74) is 0.741. The molecule has 3 rings (SSSR count). The number of benzene rings is 1. The highest BCUT2D eigenvalue weighted by Crippen LogP contribution is 2.26. The predicted octanol–water partition coefficient (Wildman–Crippen LogP) is 3.86. The maximum atomic E-state index is 12.9. The lowest BCUT2D eigenvalue weighted by Gasteiger charge is -2.19. The van der Waals surface area contributed by atoms with Crippen LogP contribution in [0.15, 0.2) is 24.3 Å². The van der Waals surface area contributed by atoms with Gasteiger partial charge < -0.3 is 5.32 Å². The summed E-state index contributed by atoms with van der Waals surface area (Å²) in [6, 6.07) is 6.00. The van der Waals surface area contributed by atoms with E-state index in [0.717, 1.165) is 42.8 Å². The molecule has 1 aromatic carbocycles. The van der Waals surface area contributed by atoms with Gasteiger partial charge in [0, 0.05) is 23.0 Å². The zero-order chi connectivity index (χ0) is 14.7. The fraction of sp³-hybridized carbons (Fsp3) is 0.400. The molecule has 0 bridgehead atoms. The first kappa shape index (κ1) is 14.1. The van der Waals surface area contributed by atoms with Crippen molar-refractivity contribution in [2.45, 2.75) is 32.1 Å². The third-order valence-electron chi connectivity index (χ3n) is 3.73. The van der Waals surface area contributed by atoms with Gasteiger partial charge in [0.2, 0.25) is 11.0 Å². The van der Waals surface area contributed by atoms with Crippen LogP contribution in [0, 0.1) is 11.7 Å². The van der Waals surface area contributed by atoms with Crippen LogP contribution in [0.4, 0.5) is 9.52 Å². The molecule has 0 atom stereocenters. The number of anilines is 1. The van der Waals surface area contributed by atoms with E-state index in [-0.39, 0.29) is 17.6 Å². The molecule has 0 saturated heterocycles. The Morgan fingerprint density at radius 2 is 1.90 bits per heavy atom. The molecule has 1 aliphatic rings. The van der Waals surface area contributed by atoms with Crippen LogP contribution in [0.25, 0.3) is 11.4 Å². The van der Waals surface area contributed by atoms with Gasteiger partial charge in [-0.15, -0.1) is 0 Å². The molecular formula is C15H16FN3OS. The number of halogens is 1. The highest BCUT2D eigenvalue weighted by atomic mass is 32.1. The Kier molecular flexibility index (Phi) is 4.24. The van der Waals surface area contributed by atoms with Crippen molar-refractivity contribution in [1.82, 2.24) is 9.36 Å². The molecule has 0 unspecified atom stereocenters. The Bertz CT molecular complexity index is 620. The Morgan fingerprint density at radius 3 is 2.62 bits per heavy atom. The first-order chi connectivity index (χ1) is 10.2. The fourth-order valence-electron chi connectivity index (χ4n) is 2.56. The van der Waals surface area contributed by atoms with Gasteiger partial charge in [0.25, 0.3) is 0 Å². The van der Waals surface area contributed by atoms with Crippen molar-refractivity contribution in [1.29, 1.82) is 0 Å². The van der Waals surface area contributed by atoms with Gasteiger partial charge in [-0.2, -0.15) is 9.36 Å². The lowest BCUT2D eigenvalue weighted by Crippen LogP contribution is -2.24. The van der Waals surface area contributed by atoms with E-state index in [9.17, 15) is 9.18 Å². The molecular weight excluding hydrogens is 289 g/mol. The van der Waals surface area contributed by atoms with Crippen molar-refractivity contribution in [2.75, 3.05) is 5.32 Å². The maximum absolute atomic E-state index is 12.9. The molecule has 1 heterocycles. The molecule has 1 aliphatic carbocycles. The molecule has 1 fully saturated rings. The number of amides is 1. The van der Waals surface area contributed by atoms with Crippen molar-refractivity contribution >= 4 is 22.6 Å². The Hall–Kier alpha value is -1.82. The molecule has 1 amide bonds. The third kappa shape index (κ3) is 3.44. The van der Waals surface area contributed by atoms with Gasteiger partial charge in [-0.1, -0.05) is 19.3 Å². The minimum absolute atomic E-state index is 0.0384. The summed E-state index contributed by atoms with van der Waals surface area (Å²) in [6.07, 6.45) is 5.37. The number of aromatic nitrogens is 2. The van der Waals surface area contributed by atoms with Gasteiger partial charge in [0.05, 0.1) is 0 Å². The van der Waals surface area contributed by atoms with Crippen LogP contribution in [0.1, 0.15) is 32.1 Å². The van der Waals surface area contributed by atoms with E-state index in [2.05, 4.69) is 14.7 Å². The van der Waals surface area contributed by atoms with E-state index in [1.807, 2.05) is 0 Å². The van der Waals surface area contributed by atoms with Crippen LogP contribution in [0.2, 0.25) is 0 Å². The largest absolute Gasteiger partial charge is 0.300 e. The van der Waals surface area contributed by atoms with E-state index in [1.54, 1.807) is 12.1 Å². The molecule has 21 heavy (non-hydrogen) atoms. The number of nitrogens with one attached hydrogen (secondary N) is 1. The molecule has 6 heteroatoms. The average molecular weight is 305 g/mol. The number of rotatable bonds is 3. The number of nitrogens with zero attached hydrogens (tertiary/aromatic N) is 2. The zero-order valence-electron chi connectivity index (χ0n) is 11.5. The minimum Gasteiger partial charge on any atom is -0.300 e. The van der Waals surface area contributed by atoms with E-state index in [4.69, 9.17) is 0 Å². The maximum Gasteiger partial charge on any atom is 0.229 e. The molecule has 0 radical (unpaired) electrons. The van der Waals surface area contributed by atoms with Crippen molar-refractivity contribution in [2.24, 2.45) is 5.92 Å². The number of hydrogen-bond acceptors (Lipinski definition) is 4. The highest BCUT2D eigenvalue weighted by molar-refractivity contribution is 7.10. The van der Waals surface area contributed by atoms with Crippen LogP contribution in [0.3, 0.4) is 0 Å². The molecule has 110 valence electrons. The second kappa shape index (κ2) is 6.30. The summed E-state index contributed by atoms with van der Waals surface area (Å²) in [6.45, 7) is 0. The van der Waals surface area contributed by atoms with Gasteiger partial charge in [0.15, 0.2) is 5.82 Å². The fourth-order valence-corrected chi connectivity index (χ4v) is 3.16. The highest BCUT2D eigenvalue weighted by Gasteiger charge is 2.22. The van der Waals surface area contributed by atoms with E-state index >= 15 is 0 Å². The van der Waals surface area contributed by atoms with Crippen molar-refractivity contribution < 1.29 is 9.18 Å². The summed E-state index contributed by atoms with van der Waals surface area (Å²) < 4.78 is 17.1. The SMILES string of the molecule is O=C(Nc1nc(-c2ccc(F)cc2)ns1)C1CCCCC1. The number of carbonyl (C=O) groups excluding carboxylic acids is 1. The summed E-state index contributed by atoms with van der Waals surface area (Å²) in [5, 5.41) is 3.35. The molecule has 4 nitrogen and oxygen atoms in total. The standard InChI is InChI=1S/C15H16FN3OS/c16-12-8-6-10(7-9-12)13-17-15(21-19-13)18-14(20)11-4-2-1-3-5-11/h6-9,11H,1-5H2,(H,17,18,19,20). The Labute approximate surface area is 126 Å². The molecule has 1 saturated carbocycles. The van der Waals surface area contributed by atoms with E-state index < -0.39 is 0 Å². The van der Waals surface area contributed by atoms with E-state index in [0.29, 0.717) is 11.0 Å². The lowest BCUT2D eigenvalue weighted by atomic mass is 9.89. The van der Waals surface area contributed by atoms with Crippen molar-refractivity contribution in [3.05, 3.63) is 30.1 Å². The third-order valence-corrected chi connectivity index (χ3v) is 4.37. The molecule has 0 aliphatic heterocycles. The van der Waals surface area contributed by atoms with Gasteiger partial charge in [-0.25, -0.2) is 4.39 Å². The summed E-state index contributed by atoms with van der Waals surface area (Å²) in [7, 11) is 0. The zero-order valence-corrected chi connectivity index (χ0v) is 12.3. The monoisotopic (exact) mass is 305 g/mol. The van der Waals surface area contributed by atoms with Crippen LogP contribution >= 0.6 is 11.5 Å². The average Bonchev–Trinajstić information content (AvgIpc) is 2.97. The first-order valence-electron chi connectivity index (χ1n) is 7.13. The van der Waals surface area contributed by atoms with Gasteiger partial charge >= 0.3 is 0 Å². The van der Waals surface area contributed by atoms with E-state index in [1.165, 1.54) is 18.6 Å². The minimum atomic E-state index is -0.292. The first-order valence-corrected chi connectivity index (χ1v) is 7.90. The lowest BCUT2D eigenvalue weighted by molar-refractivity contribution is -0.120. The second-order valence-corrected chi connectivity index (χ2v) is 6.01. The summed E-state index contributed by atoms with van der Waals surface area (Å²) in [5.74, 6) is 0.354. The molecule has 0 spiro atoms. The molecule has 1 aromatic heterocycles. The quantitative estimate of drug-likeness (QED) is 0.936. The second-order valence-electron chi connectivity index (χ2n) is 5.25. The van der Waals surface area contributed by atoms with Crippen molar-refractivity contribution in [3.63, 3.8) is 0 Å². The van der Waals surface area contributed by atoms with Crippen LogP contribution in [-0.4, -0.2) is 15.3 Å². The summed E-state index contributed by atoms with van der Waals surface area (Å²) in [4.78, 5) is 16.4. The Morgan fingerprint density at radius 1 is 1.19 bits per heavy atom. The molecule has 1 N–H and O–H groups in total. The number of carbonyl (C=O) groups is 1. The predicted molar refractivity (Wildman–Crippen MR) is 80.5 cm³/mol. The molecule has 2 aromatic rings. The topological polar surface area (TPSA) is 54.9 Å². The van der Waals surface area contributed by atoms with Gasteiger partial charge in [0.1, 0.15) is 5.82 Å². The van der Waals surface area contributed by atoms with Gasteiger partial charge in [-0.3, -0.25) is 4.79 Å². The van der Waals surface area contributed by atoms with Crippen LogP contribution in [0.5, 0.6) is 0 Å². The normalized spacial score (nSPS) is 15.9.